The van der Waals surface area contributed by atoms with Gasteiger partial charge in [0.2, 0.25) is 10.0 Å². The van der Waals surface area contributed by atoms with Crippen LogP contribution >= 0.6 is 0 Å². The molecule has 0 unspecified atom stereocenters. The number of hydrogen-bond donors (Lipinski definition) is 0. The Labute approximate surface area is 191 Å². The van der Waals surface area contributed by atoms with Crippen LogP contribution in [0.3, 0.4) is 0 Å². The van der Waals surface area contributed by atoms with E-state index in [0.29, 0.717) is 18.7 Å². The summed E-state index contributed by atoms with van der Waals surface area (Å²) in [5, 5.41) is 0. The third-order valence-corrected chi connectivity index (χ3v) is 8.70. The minimum atomic E-state index is -3.54. The number of nitrogens with zero attached hydrogens (tertiary/aromatic N) is 3. The van der Waals surface area contributed by atoms with Crippen LogP contribution < -0.4 is 0 Å². The molecule has 0 N–H and O–H groups in total. The summed E-state index contributed by atoms with van der Waals surface area (Å²) in [4.78, 5) is 17.4. The highest BCUT2D eigenvalue weighted by Gasteiger charge is 2.29. The number of hydrogen-bond acceptors (Lipinski definition) is 4. The average molecular weight is 456 g/mol. The van der Waals surface area contributed by atoms with Gasteiger partial charge in [0, 0.05) is 51.4 Å². The molecule has 1 heterocycles. The molecular formula is C25H33N3O3S. The van der Waals surface area contributed by atoms with Gasteiger partial charge in [-0.15, -0.1) is 0 Å². The van der Waals surface area contributed by atoms with E-state index in [0.717, 1.165) is 45.3 Å². The summed E-state index contributed by atoms with van der Waals surface area (Å²) < 4.78 is 27.6. The van der Waals surface area contributed by atoms with E-state index in [1.54, 1.807) is 31.3 Å². The number of benzene rings is 2. The predicted octanol–water partition coefficient (Wildman–Crippen LogP) is 3.60. The van der Waals surface area contributed by atoms with Crippen molar-refractivity contribution in [2.24, 2.45) is 0 Å². The Morgan fingerprint density at radius 3 is 2.16 bits per heavy atom. The lowest BCUT2D eigenvalue weighted by molar-refractivity contribution is 0.0628. The maximum absolute atomic E-state index is 13.0. The maximum Gasteiger partial charge on any atom is 0.253 e. The molecule has 0 spiro atoms. The van der Waals surface area contributed by atoms with Crippen LogP contribution in [-0.2, 0) is 16.6 Å². The zero-order valence-electron chi connectivity index (χ0n) is 18.8. The molecule has 1 aliphatic carbocycles. The fourth-order valence-corrected chi connectivity index (χ4v) is 6.13. The van der Waals surface area contributed by atoms with Gasteiger partial charge in [-0.25, -0.2) is 8.42 Å². The maximum atomic E-state index is 13.0. The van der Waals surface area contributed by atoms with Crippen molar-refractivity contribution in [3.05, 3.63) is 65.7 Å². The number of piperazine rings is 1. The third-order valence-electron chi connectivity index (χ3n) is 6.78. The van der Waals surface area contributed by atoms with Crippen LogP contribution in [0.5, 0.6) is 0 Å². The summed E-state index contributed by atoms with van der Waals surface area (Å²) in [7, 11) is -1.86. The molecule has 6 nitrogen and oxygen atoms in total. The van der Waals surface area contributed by atoms with Crippen molar-refractivity contribution in [3.63, 3.8) is 0 Å². The van der Waals surface area contributed by atoms with Crippen molar-refractivity contribution in [1.29, 1.82) is 0 Å². The summed E-state index contributed by atoms with van der Waals surface area (Å²) in [6.07, 6.45) is 5.18. The SMILES string of the molecule is CN(C1CCCCC1)S(=O)(=O)c1ccc(C(=O)N2CCN(Cc3ccccc3)CC2)cc1. The van der Waals surface area contributed by atoms with E-state index in [1.807, 2.05) is 23.1 Å². The predicted molar refractivity (Wildman–Crippen MR) is 126 cm³/mol. The molecule has 1 saturated carbocycles. The van der Waals surface area contributed by atoms with Crippen molar-refractivity contribution >= 4 is 15.9 Å². The summed E-state index contributed by atoms with van der Waals surface area (Å²) >= 11 is 0. The standard InChI is InChI=1S/C25H33N3O3S/c1-26(23-10-6-3-7-11-23)32(30,31)24-14-12-22(13-15-24)25(29)28-18-16-27(17-19-28)20-21-8-4-2-5-9-21/h2,4-5,8-9,12-15,23H,3,6-7,10-11,16-20H2,1H3. The Hall–Kier alpha value is -2.22. The molecule has 1 aliphatic heterocycles. The van der Waals surface area contributed by atoms with Crippen LogP contribution in [0.25, 0.3) is 0 Å². The van der Waals surface area contributed by atoms with Crippen molar-refractivity contribution in [2.45, 2.75) is 49.6 Å². The zero-order chi connectivity index (χ0) is 22.6. The fraction of sp³-hybridized carbons (Fsp3) is 0.480. The molecule has 2 aliphatic rings. The second-order valence-corrected chi connectivity index (χ2v) is 10.9. The molecule has 32 heavy (non-hydrogen) atoms. The smallest absolute Gasteiger partial charge is 0.253 e. The first-order valence-corrected chi connectivity index (χ1v) is 13.0. The van der Waals surface area contributed by atoms with Crippen molar-refractivity contribution in [2.75, 3.05) is 33.2 Å². The lowest BCUT2D eigenvalue weighted by atomic mass is 9.96. The minimum absolute atomic E-state index is 0.0334. The normalized spacial score (nSPS) is 18.8. The molecule has 0 aromatic heterocycles. The van der Waals surface area contributed by atoms with Gasteiger partial charge in [0.25, 0.3) is 5.91 Å². The molecule has 1 amide bonds. The van der Waals surface area contributed by atoms with Gasteiger partial charge in [-0.05, 0) is 42.7 Å². The molecule has 2 aromatic carbocycles. The number of carbonyl (C=O) groups is 1. The van der Waals surface area contributed by atoms with Gasteiger partial charge in [-0.2, -0.15) is 4.31 Å². The van der Waals surface area contributed by atoms with Gasteiger partial charge >= 0.3 is 0 Å². The van der Waals surface area contributed by atoms with E-state index in [9.17, 15) is 13.2 Å². The number of carbonyl (C=O) groups excluding carboxylic acids is 1. The van der Waals surface area contributed by atoms with Crippen LogP contribution in [0.4, 0.5) is 0 Å². The minimum Gasteiger partial charge on any atom is -0.336 e. The van der Waals surface area contributed by atoms with Crippen LogP contribution in [0.2, 0.25) is 0 Å². The van der Waals surface area contributed by atoms with Gasteiger partial charge in [0.15, 0.2) is 0 Å². The van der Waals surface area contributed by atoms with Crippen molar-refractivity contribution in [1.82, 2.24) is 14.1 Å². The lowest BCUT2D eigenvalue weighted by Gasteiger charge is -2.35. The van der Waals surface area contributed by atoms with Gasteiger partial charge in [-0.3, -0.25) is 9.69 Å². The number of rotatable bonds is 6. The molecule has 7 heteroatoms. The average Bonchev–Trinajstić information content (AvgIpc) is 2.85. The fourth-order valence-electron chi connectivity index (χ4n) is 4.71. The Bertz CT molecular complexity index is 994. The first-order chi connectivity index (χ1) is 15.4. The molecule has 0 atom stereocenters. The van der Waals surface area contributed by atoms with E-state index in [2.05, 4.69) is 17.0 Å². The highest BCUT2D eigenvalue weighted by Crippen LogP contribution is 2.26. The monoisotopic (exact) mass is 455 g/mol. The van der Waals surface area contributed by atoms with E-state index in [-0.39, 0.29) is 16.8 Å². The second kappa shape index (κ2) is 10.1. The molecule has 4 rings (SSSR count). The molecule has 0 radical (unpaired) electrons. The van der Waals surface area contributed by atoms with Gasteiger partial charge in [0.1, 0.15) is 0 Å². The van der Waals surface area contributed by atoms with E-state index in [1.165, 1.54) is 16.3 Å². The zero-order valence-corrected chi connectivity index (χ0v) is 19.6. The number of amides is 1. The first kappa shape index (κ1) is 23.0. The quantitative estimate of drug-likeness (QED) is 0.668. The third kappa shape index (κ3) is 5.22. The highest BCUT2D eigenvalue weighted by atomic mass is 32.2. The highest BCUT2D eigenvalue weighted by molar-refractivity contribution is 7.89. The van der Waals surface area contributed by atoms with Crippen LogP contribution in [0.15, 0.2) is 59.5 Å². The topological polar surface area (TPSA) is 60.9 Å². The van der Waals surface area contributed by atoms with Gasteiger partial charge < -0.3 is 4.90 Å². The molecular weight excluding hydrogens is 422 g/mol. The summed E-state index contributed by atoms with van der Waals surface area (Å²) in [5.41, 5.74) is 1.82. The Kier molecular flexibility index (Phi) is 7.28. The summed E-state index contributed by atoms with van der Waals surface area (Å²) in [6, 6.07) is 16.9. The second-order valence-electron chi connectivity index (χ2n) is 8.89. The Morgan fingerprint density at radius 1 is 0.906 bits per heavy atom. The van der Waals surface area contributed by atoms with Crippen LogP contribution in [-0.4, -0.2) is 67.7 Å². The van der Waals surface area contributed by atoms with Crippen molar-refractivity contribution in [3.8, 4) is 0 Å². The first-order valence-electron chi connectivity index (χ1n) is 11.6. The van der Waals surface area contributed by atoms with Gasteiger partial charge in [-0.1, -0.05) is 49.6 Å². The van der Waals surface area contributed by atoms with Gasteiger partial charge in [0.05, 0.1) is 4.90 Å². The molecule has 172 valence electrons. The van der Waals surface area contributed by atoms with E-state index < -0.39 is 10.0 Å². The molecule has 2 fully saturated rings. The van der Waals surface area contributed by atoms with E-state index in [4.69, 9.17) is 0 Å². The molecule has 2 aromatic rings. The summed E-state index contributed by atoms with van der Waals surface area (Å²) in [6.45, 7) is 3.91. The molecule has 1 saturated heterocycles. The Morgan fingerprint density at radius 2 is 1.53 bits per heavy atom. The largest absolute Gasteiger partial charge is 0.336 e. The summed E-state index contributed by atoms with van der Waals surface area (Å²) in [5.74, 6) is -0.0334. The number of sulfonamides is 1. The van der Waals surface area contributed by atoms with Crippen LogP contribution in [0.1, 0.15) is 48.0 Å². The molecule has 0 bridgehead atoms. The Balaban J connectivity index is 1.35. The van der Waals surface area contributed by atoms with Crippen LogP contribution in [0, 0.1) is 0 Å². The lowest BCUT2D eigenvalue weighted by Crippen LogP contribution is -2.48. The van der Waals surface area contributed by atoms with E-state index >= 15 is 0 Å². The van der Waals surface area contributed by atoms with Crippen molar-refractivity contribution < 1.29 is 13.2 Å².